The summed E-state index contributed by atoms with van der Waals surface area (Å²) in [5, 5.41) is 4.06. The summed E-state index contributed by atoms with van der Waals surface area (Å²) in [5.41, 5.74) is 0.912. The first-order chi connectivity index (χ1) is 8.61. The first-order valence-electron chi connectivity index (χ1n) is 6.73. The summed E-state index contributed by atoms with van der Waals surface area (Å²) >= 11 is 6.15. The van der Waals surface area contributed by atoms with Crippen molar-refractivity contribution in [1.29, 1.82) is 0 Å². The van der Waals surface area contributed by atoms with Gasteiger partial charge in [-0.2, -0.15) is 0 Å². The van der Waals surface area contributed by atoms with E-state index in [1.54, 1.807) is 12.1 Å². The fraction of sp³-hybridized carbons (Fsp3) is 0.600. The third kappa shape index (κ3) is 3.04. The van der Waals surface area contributed by atoms with Gasteiger partial charge in [0, 0.05) is 11.1 Å². The molecule has 1 aromatic carbocycles. The van der Waals surface area contributed by atoms with Gasteiger partial charge in [0.05, 0.1) is 0 Å². The van der Waals surface area contributed by atoms with Gasteiger partial charge in [-0.15, -0.1) is 0 Å². The lowest BCUT2D eigenvalue weighted by Gasteiger charge is -2.27. The molecule has 0 aromatic heterocycles. The third-order valence-corrected chi connectivity index (χ3v) is 4.63. The number of hydrogen-bond acceptors (Lipinski definition) is 1. The molecule has 0 amide bonds. The molecule has 3 unspecified atom stereocenters. The Labute approximate surface area is 114 Å². The van der Waals surface area contributed by atoms with E-state index < -0.39 is 0 Å². The predicted molar refractivity (Wildman–Crippen MR) is 74.5 cm³/mol. The highest BCUT2D eigenvalue weighted by atomic mass is 35.5. The van der Waals surface area contributed by atoms with Gasteiger partial charge in [-0.25, -0.2) is 4.39 Å². The van der Waals surface area contributed by atoms with Crippen molar-refractivity contribution in [2.24, 2.45) is 11.8 Å². The van der Waals surface area contributed by atoms with Gasteiger partial charge in [0.2, 0.25) is 0 Å². The highest BCUT2D eigenvalue weighted by molar-refractivity contribution is 6.31. The molecule has 1 aliphatic rings. The molecule has 0 saturated heterocycles. The van der Waals surface area contributed by atoms with Gasteiger partial charge in [-0.1, -0.05) is 31.4 Å². The summed E-state index contributed by atoms with van der Waals surface area (Å²) in [6.45, 7) is 2.31. The maximum absolute atomic E-state index is 13.3. The summed E-state index contributed by atoms with van der Waals surface area (Å²) < 4.78 is 13.3. The molecule has 100 valence electrons. The minimum Gasteiger partial charge on any atom is -0.316 e. The standard InChI is InChI=1S/C15H21ClFN/c1-10-4-3-5-13(10)15(18-2)9-11-8-12(17)6-7-14(11)16/h6-8,10,13,15,18H,3-5,9H2,1-2H3. The molecule has 0 heterocycles. The Morgan fingerprint density at radius 1 is 1.44 bits per heavy atom. The van der Waals surface area contributed by atoms with Crippen molar-refractivity contribution in [3.05, 3.63) is 34.6 Å². The van der Waals surface area contributed by atoms with Crippen LogP contribution >= 0.6 is 11.6 Å². The van der Waals surface area contributed by atoms with Crippen molar-refractivity contribution in [3.63, 3.8) is 0 Å². The number of hydrogen-bond donors (Lipinski definition) is 1. The molecule has 0 aliphatic heterocycles. The molecule has 1 fully saturated rings. The molecule has 0 spiro atoms. The molecule has 1 nitrogen and oxygen atoms in total. The van der Waals surface area contributed by atoms with Crippen LogP contribution in [0.1, 0.15) is 31.7 Å². The van der Waals surface area contributed by atoms with E-state index in [-0.39, 0.29) is 5.82 Å². The summed E-state index contributed by atoms with van der Waals surface area (Å²) in [6.07, 6.45) is 4.68. The minimum absolute atomic E-state index is 0.205. The Morgan fingerprint density at radius 2 is 2.22 bits per heavy atom. The van der Waals surface area contributed by atoms with Crippen molar-refractivity contribution in [2.45, 2.75) is 38.6 Å². The van der Waals surface area contributed by atoms with E-state index in [1.165, 1.54) is 25.3 Å². The van der Waals surface area contributed by atoms with Crippen LogP contribution in [0.25, 0.3) is 0 Å². The molecule has 1 N–H and O–H groups in total. The highest BCUT2D eigenvalue weighted by Crippen LogP contribution is 2.35. The Hall–Kier alpha value is -0.600. The van der Waals surface area contributed by atoms with E-state index in [0.717, 1.165) is 17.9 Å². The number of likely N-dealkylation sites (N-methyl/N-ethyl adjacent to an activating group) is 1. The van der Waals surface area contributed by atoms with Crippen molar-refractivity contribution in [2.75, 3.05) is 7.05 Å². The minimum atomic E-state index is -0.205. The number of rotatable bonds is 4. The van der Waals surface area contributed by atoms with Crippen LogP contribution in [0.5, 0.6) is 0 Å². The lowest BCUT2D eigenvalue weighted by Crippen LogP contribution is -2.36. The predicted octanol–water partition coefficient (Wildman–Crippen LogP) is 4.05. The smallest absolute Gasteiger partial charge is 0.123 e. The zero-order chi connectivity index (χ0) is 13.1. The Bertz CT molecular complexity index is 407. The third-order valence-electron chi connectivity index (χ3n) is 4.26. The van der Waals surface area contributed by atoms with Gasteiger partial charge < -0.3 is 5.32 Å². The summed E-state index contributed by atoms with van der Waals surface area (Å²) in [6, 6.07) is 5.02. The van der Waals surface area contributed by atoms with Crippen molar-refractivity contribution in [1.82, 2.24) is 5.32 Å². The monoisotopic (exact) mass is 269 g/mol. The van der Waals surface area contributed by atoms with Crippen LogP contribution in [-0.4, -0.2) is 13.1 Å². The normalized spacial score (nSPS) is 25.3. The highest BCUT2D eigenvalue weighted by Gasteiger charge is 2.30. The average molecular weight is 270 g/mol. The Kier molecular flexibility index (Phi) is 4.63. The van der Waals surface area contributed by atoms with Crippen molar-refractivity contribution >= 4 is 11.6 Å². The molecular formula is C15H21ClFN. The molecule has 3 atom stereocenters. The lowest BCUT2D eigenvalue weighted by atomic mass is 9.86. The van der Waals surface area contributed by atoms with Crippen molar-refractivity contribution in [3.8, 4) is 0 Å². The van der Waals surface area contributed by atoms with Gasteiger partial charge in [0.25, 0.3) is 0 Å². The van der Waals surface area contributed by atoms with Crippen LogP contribution in [-0.2, 0) is 6.42 Å². The first kappa shape index (κ1) is 13.8. The number of halogens is 2. The first-order valence-corrected chi connectivity index (χ1v) is 7.10. The second kappa shape index (κ2) is 6.03. The van der Waals surface area contributed by atoms with E-state index in [1.807, 2.05) is 7.05 Å². The van der Waals surface area contributed by atoms with Crippen LogP contribution in [0, 0.1) is 17.7 Å². The van der Waals surface area contributed by atoms with E-state index >= 15 is 0 Å². The maximum Gasteiger partial charge on any atom is 0.123 e. The molecular weight excluding hydrogens is 249 g/mol. The van der Waals surface area contributed by atoms with Gasteiger partial charge in [-0.3, -0.25) is 0 Å². The molecule has 2 rings (SSSR count). The molecule has 0 bridgehead atoms. The van der Waals surface area contributed by atoms with Crippen LogP contribution in [0.15, 0.2) is 18.2 Å². The average Bonchev–Trinajstić information content (AvgIpc) is 2.77. The zero-order valence-corrected chi connectivity index (χ0v) is 11.8. The van der Waals surface area contributed by atoms with Gasteiger partial charge in [0.1, 0.15) is 5.82 Å². The maximum atomic E-state index is 13.3. The quantitative estimate of drug-likeness (QED) is 0.870. The van der Waals surface area contributed by atoms with Crippen LogP contribution in [0.4, 0.5) is 4.39 Å². The summed E-state index contributed by atoms with van der Waals surface area (Å²) in [5.74, 6) is 1.22. The SMILES string of the molecule is CNC(Cc1cc(F)ccc1Cl)C1CCCC1C. The topological polar surface area (TPSA) is 12.0 Å². The molecule has 1 aromatic rings. The second-order valence-electron chi connectivity index (χ2n) is 5.41. The van der Waals surface area contributed by atoms with Gasteiger partial charge in [0.15, 0.2) is 0 Å². The molecule has 3 heteroatoms. The Morgan fingerprint density at radius 3 is 2.83 bits per heavy atom. The van der Waals surface area contributed by atoms with Crippen molar-refractivity contribution < 1.29 is 4.39 Å². The molecule has 0 radical (unpaired) electrons. The van der Waals surface area contributed by atoms with E-state index in [4.69, 9.17) is 11.6 Å². The van der Waals surface area contributed by atoms with Gasteiger partial charge >= 0.3 is 0 Å². The fourth-order valence-electron chi connectivity index (χ4n) is 3.18. The molecule has 18 heavy (non-hydrogen) atoms. The van der Waals surface area contributed by atoms with Crippen LogP contribution < -0.4 is 5.32 Å². The van der Waals surface area contributed by atoms with Crippen LogP contribution in [0.3, 0.4) is 0 Å². The second-order valence-corrected chi connectivity index (χ2v) is 5.81. The van der Waals surface area contributed by atoms with E-state index in [0.29, 0.717) is 17.0 Å². The number of benzene rings is 1. The summed E-state index contributed by atoms with van der Waals surface area (Å²) in [7, 11) is 1.99. The summed E-state index contributed by atoms with van der Waals surface area (Å²) in [4.78, 5) is 0. The Balaban J connectivity index is 2.12. The van der Waals surface area contributed by atoms with Gasteiger partial charge in [-0.05, 0) is 55.5 Å². The zero-order valence-electron chi connectivity index (χ0n) is 11.0. The fourth-order valence-corrected chi connectivity index (χ4v) is 3.37. The number of nitrogens with one attached hydrogen (secondary N) is 1. The molecule has 1 aliphatic carbocycles. The van der Waals surface area contributed by atoms with E-state index in [2.05, 4.69) is 12.2 Å². The molecule has 1 saturated carbocycles. The van der Waals surface area contributed by atoms with E-state index in [9.17, 15) is 4.39 Å². The largest absolute Gasteiger partial charge is 0.316 e. The van der Waals surface area contributed by atoms with Crippen LogP contribution in [0.2, 0.25) is 5.02 Å². The lowest BCUT2D eigenvalue weighted by molar-refractivity contribution is 0.308.